The number of amides is 3. The van der Waals surface area contributed by atoms with Crippen LogP contribution in [0.5, 0.6) is 0 Å². The monoisotopic (exact) mass is 502 g/mol. The Hall–Kier alpha value is -2.94. The molecule has 0 saturated carbocycles. The van der Waals surface area contributed by atoms with Gasteiger partial charge in [-0.1, -0.05) is 58.0 Å². The molecule has 3 N–H and O–H groups in total. The molecular formula is C26H38N4O4S. The summed E-state index contributed by atoms with van der Waals surface area (Å²) in [5.74, 6) is -0.808. The fourth-order valence-corrected chi connectivity index (χ4v) is 4.30. The second kappa shape index (κ2) is 12.7. The van der Waals surface area contributed by atoms with Crippen LogP contribution in [0.4, 0.5) is 4.79 Å². The fourth-order valence-electron chi connectivity index (χ4n) is 3.44. The van der Waals surface area contributed by atoms with Crippen LogP contribution in [0.25, 0.3) is 0 Å². The molecule has 0 fully saturated rings. The van der Waals surface area contributed by atoms with E-state index in [1.165, 1.54) is 11.3 Å². The Morgan fingerprint density at radius 1 is 0.943 bits per heavy atom. The normalized spacial score (nSPS) is 14.2. The number of carbonyl (C=O) groups excluding carboxylic acids is 3. The SMILES string of the molecule is CC(C)[C@H](NC(=O)[C@H](Cc1ccccc1)NC(=O)OC(C)(C)C)C(=O)N[C@H](c1nccs1)C(C)C. The molecule has 1 aromatic heterocycles. The topological polar surface area (TPSA) is 109 Å². The lowest BCUT2D eigenvalue weighted by molar-refractivity contribution is -0.131. The molecule has 0 aliphatic rings. The predicted octanol–water partition coefficient (Wildman–Crippen LogP) is 4.23. The molecular weight excluding hydrogens is 464 g/mol. The van der Waals surface area contributed by atoms with E-state index in [-0.39, 0.29) is 30.2 Å². The van der Waals surface area contributed by atoms with Gasteiger partial charge in [-0.05, 0) is 38.2 Å². The first-order valence-electron chi connectivity index (χ1n) is 11.9. The maximum atomic E-state index is 13.3. The molecule has 2 aromatic rings. The third-order valence-corrected chi connectivity index (χ3v) is 6.08. The molecule has 9 heteroatoms. The first kappa shape index (κ1) is 28.3. The van der Waals surface area contributed by atoms with Gasteiger partial charge in [-0.2, -0.15) is 0 Å². The quantitative estimate of drug-likeness (QED) is 0.450. The summed E-state index contributed by atoms with van der Waals surface area (Å²) in [6.45, 7) is 13.0. The lowest BCUT2D eigenvalue weighted by Crippen LogP contribution is -2.56. The van der Waals surface area contributed by atoms with Crippen molar-refractivity contribution in [1.82, 2.24) is 20.9 Å². The van der Waals surface area contributed by atoms with E-state index in [0.29, 0.717) is 0 Å². The van der Waals surface area contributed by atoms with Crippen LogP contribution in [0, 0.1) is 11.8 Å². The zero-order chi connectivity index (χ0) is 26.2. The molecule has 35 heavy (non-hydrogen) atoms. The van der Waals surface area contributed by atoms with E-state index in [1.54, 1.807) is 27.0 Å². The molecule has 0 unspecified atom stereocenters. The van der Waals surface area contributed by atoms with Crippen molar-refractivity contribution in [1.29, 1.82) is 0 Å². The number of thiazole rings is 1. The molecule has 0 bridgehead atoms. The van der Waals surface area contributed by atoms with E-state index in [1.807, 2.05) is 63.4 Å². The van der Waals surface area contributed by atoms with E-state index in [0.717, 1.165) is 10.6 Å². The minimum absolute atomic E-state index is 0.119. The molecule has 0 aliphatic carbocycles. The first-order chi connectivity index (χ1) is 16.4. The average molecular weight is 503 g/mol. The maximum absolute atomic E-state index is 13.3. The van der Waals surface area contributed by atoms with E-state index >= 15 is 0 Å². The lowest BCUT2D eigenvalue weighted by Gasteiger charge is -2.28. The minimum Gasteiger partial charge on any atom is -0.444 e. The highest BCUT2D eigenvalue weighted by molar-refractivity contribution is 7.09. The fraction of sp³-hybridized carbons (Fsp3) is 0.538. The van der Waals surface area contributed by atoms with Crippen molar-refractivity contribution >= 4 is 29.2 Å². The molecule has 1 aromatic carbocycles. The Kier molecular flexibility index (Phi) is 10.2. The van der Waals surface area contributed by atoms with Gasteiger partial charge in [-0.25, -0.2) is 9.78 Å². The summed E-state index contributed by atoms with van der Waals surface area (Å²) < 4.78 is 5.36. The molecule has 192 valence electrons. The van der Waals surface area contributed by atoms with Crippen molar-refractivity contribution in [3.05, 3.63) is 52.5 Å². The van der Waals surface area contributed by atoms with Gasteiger partial charge in [-0.3, -0.25) is 9.59 Å². The molecule has 0 spiro atoms. The van der Waals surface area contributed by atoms with Gasteiger partial charge < -0.3 is 20.7 Å². The predicted molar refractivity (Wildman–Crippen MR) is 138 cm³/mol. The van der Waals surface area contributed by atoms with Gasteiger partial charge in [0.05, 0.1) is 6.04 Å². The number of aromatic nitrogens is 1. The number of nitrogens with one attached hydrogen (secondary N) is 3. The van der Waals surface area contributed by atoms with Gasteiger partial charge >= 0.3 is 6.09 Å². The number of nitrogens with zero attached hydrogens (tertiary/aromatic N) is 1. The maximum Gasteiger partial charge on any atom is 0.408 e. The van der Waals surface area contributed by atoms with Crippen molar-refractivity contribution in [3.8, 4) is 0 Å². The Morgan fingerprint density at radius 2 is 1.60 bits per heavy atom. The molecule has 0 radical (unpaired) electrons. The first-order valence-corrected chi connectivity index (χ1v) is 12.8. The van der Waals surface area contributed by atoms with E-state index in [4.69, 9.17) is 4.74 Å². The summed E-state index contributed by atoms with van der Waals surface area (Å²) in [4.78, 5) is 43.4. The van der Waals surface area contributed by atoms with Crippen molar-refractivity contribution in [2.24, 2.45) is 11.8 Å². The van der Waals surface area contributed by atoms with E-state index in [9.17, 15) is 14.4 Å². The van der Waals surface area contributed by atoms with E-state index < -0.39 is 29.7 Å². The van der Waals surface area contributed by atoms with Crippen molar-refractivity contribution < 1.29 is 19.1 Å². The van der Waals surface area contributed by atoms with Gasteiger partial charge in [-0.15, -0.1) is 11.3 Å². The number of benzene rings is 1. The van der Waals surface area contributed by atoms with Crippen LogP contribution >= 0.6 is 11.3 Å². The highest BCUT2D eigenvalue weighted by Crippen LogP contribution is 2.24. The molecule has 1 heterocycles. The highest BCUT2D eigenvalue weighted by atomic mass is 32.1. The van der Waals surface area contributed by atoms with E-state index in [2.05, 4.69) is 20.9 Å². The summed E-state index contributed by atoms with van der Waals surface area (Å²) in [6.07, 6.45) is 1.27. The van der Waals surface area contributed by atoms with Crippen molar-refractivity contribution in [2.45, 2.75) is 78.6 Å². The molecule has 3 amide bonds. The molecule has 0 saturated heterocycles. The standard InChI is InChI=1S/C26H38N4O4S/c1-16(2)20(23(32)30-21(17(3)4)24-27-13-14-35-24)29-22(31)19(15-18-11-9-8-10-12-18)28-25(33)34-26(5,6)7/h8-14,16-17,19-21H,15H2,1-7H3,(H,28,33)(H,29,31)(H,30,32)/t19-,20-,21-/m0/s1. The molecule has 2 rings (SSSR count). The number of hydrogen-bond donors (Lipinski definition) is 3. The van der Waals surface area contributed by atoms with Crippen LogP contribution < -0.4 is 16.0 Å². The van der Waals surface area contributed by atoms with Crippen molar-refractivity contribution in [3.63, 3.8) is 0 Å². The van der Waals surface area contributed by atoms with Crippen molar-refractivity contribution in [2.75, 3.05) is 0 Å². The number of rotatable bonds is 10. The Morgan fingerprint density at radius 3 is 2.11 bits per heavy atom. The van der Waals surface area contributed by atoms with Crippen LogP contribution in [0.3, 0.4) is 0 Å². The average Bonchev–Trinajstić information content (AvgIpc) is 3.28. The lowest BCUT2D eigenvalue weighted by atomic mass is 9.99. The Bertz CT molecular complexity index is 955. The third kappa shape index (κ3) is 9.32. The summed E-state index contributed by atoms with van der Waals surface area (Å²) in [5, 5.41) is 11.3. The smallest absolute Gasteiger partial charge is 0.408 e. The summed E-state index contributed by atoms with van der Waals surface area (Å²) in [6, 6.07) is 7.41. The van der Waals surface area contributed by atoms with Crippen LogP contribution in [0.2, 0.25) is 0 Å². The van der Waals surface area contributed by atoms with Gasteiger partial charge in [0.2, 0.25) is 11.8 Å². The van der Waals surface area contributed by atoms with Gasteiger partial charge in [0.25, 0.3) is 0 Å². The number of ether oxygens (including phenoxy) is 1. The zero-order valence-corrected chi connectivity index (χ0v) is 22.4. The van der Waals surface area contributed by atoms with Crippen LogP contribution in [-0.4, -0.2) is 40.6 Å². The minimum atomic E-state index is -0.916. The summed E-state index contributed by atoms with van der Waals surface area (Å²) >= 11 is 1.48. The number of carbonyl (C=O) groups is 3. The Balaban J connectivity index is 2.19. The second-order valence-corrected chi connectivity index (χ2v) is 11.1. The number of alkyl carbamates (subject to hydrolysis) is 1. The zero-order valence-electron chi connectivity index (χ0n) is 21.6. The molecule has 8 nitrogen and oxygen atoms in total. The van der Waals surface area contributed by atoms with Crippen LogP contribution in [-0.2, 0) is 20.7 Å². The van der Waals surface area contributed by atoms with Gasteiger partial charge in [0, 0.05) is 18.0 Å². The highest BCUT2D eigenvalue weighted by Gasteiger charge is 2.32. The molecule has 0 aliphatic heterocycles. The molecule has 3 atom stereocenters. The summed E-state index contributed by atoms with van der Waals surface area (Å²) in [5.41, 5.74) is 0.165. The summed E-state index contributed by atoms with van der Waals surface area (Å²) in [7, 11) is 0. The largest absolute Gasteiger partial charge is 0.444 e. The second-order valence-electron chi connectivity index (χ2n) is 10.2. The Labute approximate surface area is 212 Å². The number of hydrogen-bond acceptors (Lipinski definition) is 6. The van der Waals surface area contributed by atoms with Crippen LogP contribution in [0.15, 0.2) is 41.9 Å². The van der Waals surface area contributed by atoms with Gasteiger partial charge in [0.1, 0.15) is 22.7 Å². The third-order valence-electron chi connectivity index (χ3n) is 5.22. The van der Waals surface area contributed by atoms with Crippen LogP contribution in [0.1, 0.15) is 65.1 Å². The van der Waals surface area contributed by atoms with Gasteiger partial charge in [0.15, 0.2) is 0 Å².